The van der Waals surface area contributed by atoms with Crippen molar-refractivity contribution in [3.8, 4) is 44.9 Å². The zero-order chi connectivity index (χ0) is 27.5. The molecule has 1 aromatic carbocycles. The number of fused-ring (bicyclic) bond motifs is 3. The molecule has 0 radical (unpaired) electrons. The molecule has 0 unspecified atom stereocenters. The molecule has 0 spiro atoms. The van der Waals surface area contributed by atoms with E-state index in [0.29, 0.717) is 25.5 Å². The molecule has 0 N–H and O–H groups in total. The monoisotopic (exact) mass is 543 g/mol. The first-order valence-corrected chi connectivity index (χ1v) is 14.1. The molecule has 2 aliphatic rings. The van der Waals surface area contributed by atoms with Gasteiger partial charge in [0.2, 0.25) is 0 Å². The van der Waals surface area contributed by atoms with Crippen LogP contribution in [0.4, 0.5) is 0 Å². The molecule has 1 fully saturated rings. The molecule has 2 aliphatic heterocycles. The van der Waals surface area contributed by atoms with Crippen molar-refractivity contribution >= 4 is 17.2 Å². The minimum absolute atomic E-state index is 0.0910. The van der Waals surface area contributed by atoms with E-state index in [1.807, 2.05) is 31.0 Å². The number of amides is 1. The van der Waals surface area contributed by atoms with E-state index < -0.39 is 5.54 Å². The number of methoxy groups -OCH3 is 1. The second-order valence-corrected chi connectivity index (χ2v) is 11.7. The van der Waals surface area contributed by atoms with Gasteiger partial charge in [0.05, 0.1) is 25.9 Å². The van der Waals surface area contributed by atoms with Gasteiger partial charge in [-0.1, -0.05) is 0 Å². The van der Waals surface area contributed by atoms with E-state index in [0.717, 1.165) is 56.1 Å². The first-order valence-electron chi connectivity index (χ1n) is 13.1. The Bertz CT molecular complexity index is 1590. The van der Waals surface area contributed by atoms with E-state index >= 15 is 0 Å². The van der Waals surface area contributed by atoms with Crippen LogP contribution in [0.25, 0.3) is 33.4 Å². The molecule has 3 aromatic heterocycles. The Labute approximate surface area is 233 Å². The van der Waals surface area contributed by atoms with E-state index in [1.165, 1.54) is 5.69 Å². The average Bonchev–Trinajstić information content (AvgIpc) is 3.55. The van der Waals surface area contributed by atoms with Crippen molar-refractivity contribution in [2.75, 3.05) is 26.9 Å². The van der Waals surface area contributed by atoms with Gasteiger partial charge in [0.1, 0.15) is 23.8 Å². The summed E-state index contributed by atoms with van der Waals surface area (Å²) in [5, 5.41) is 4.18. The predicted molar refractivity (Wildman–Crippen MR) is 154 cm³/mol. The van der Waals surface area contributed by atoms with E-state index in [1.54, 1.807) is 18.4 Å². The molecule has 6 rings (SSSR count). The highest BCUT2D eigenvalue weighted by atomic mass is 32.1. The van der Waals surface area contributed by atoms with Gasteiger partial charge in [0.25, 0.3) is 5.91 Å². The Balaban J connectivity index is 1.59. The number of carbonyl (C=O) groups is 1. The third kappa shape index (κ3) is 4.13. The van der Waals surface area contributed by atoms with Crippen molar-refractivity contribution in [3.63, 3.8) is 0 Å². The summed E-state index contributed by atoms with van der Waals surface area (Å²) in [5.74, 6) is 1.40. The van der Waals surface area contributed by atoms with Gasteiger partial charge in [-0.25, -0.2) is 4.98 Å². The second-order valence-electron chi connectivity index (χ2n) is 10.9. The second kappa shape index (κ2) is 9.54. The van der Waals surface area contributed by atoms with Crippen molar-refractivity contribution in [2.45, 2.75) is 39.8 Å². The predicted octanol–water partition coefficient (Wildman–Crippen LogP) is 6.25. The lowest BCUT2D eigenvalue weighted by molar-refractivity contribution is -0.0374. The fraction of sp³-hybridized carbons (Fsp3) is 0.355. The van der Waals surface area contributed by atoms with Gasteiger partial charge in [-0.2, -0.15) is 11.3 Å². The maximum absolute atomic E-state index is 14.0. The number of pyridine rings is 1. The molecule has 5 heterocycles. The van der Waals surface area contributed by atoms with Crippen molar-refractivity contribution in [3.05, 3.63) is 63.9 Å². The summed E-state index contributed by atoms with van der Waals surface area (Å²) in [6.45, 7) is 10.1. The number of thiophene rings is 1. The van der Waals surface area contributed by atoms with Gasteiger partial charge in [0, 0.05) is 70.6 Å². The molecule has 7 nitrogen and oxygen atoms in total. The Morgan fingerprint density at radius 1 is 1.13 bits per heavy atom. The van der Waals surface area contributed by atoms with Crippen LogP contribution in [0.2, 0.25) is 0 Å². The van der Waals surface area contributed by atoms with Gasteiger partial charge >= 0.3 is 0 Å². The average molecular weight is 544 g/mol. The number of hydrogen-bond acceptors (Lipinski definition) is 6. The molecule has 1 amide bonds. The largest absolute Gasteiger partial charge is 0.496 e. The fourth-order valence-corrected chi connectivity index (χ4v) is 6.37. The maximum Gasteiger partial charge on any atom is 0.273 e. The molecule has 4 aromatic rings. The quantitative estimate of drug-likeness (QED) is 0.304. The molecular formula is C31H33N3O4S. The van der Waals surface area contributed by atoms with Crippen LogP contribution in [0.3, 0.4) is 0 Å². The SMILES string of the molecule is COc1cc2c(cc1-c1cc(C)n(C)c1C)-c1c(-c3ccsc3)cnc(C(=O)N3CCOCC3(C)C)c1CO2. The highest BCUT2D eigenvalue weighted by molar-refractivity contribution is 7.08. The number of benzene rings is 1. The summed E-state index contributed by atoms with van der Waals surface area (Å²) in [4.78, 5) is 20.7. The zero-order valence-corrected chi connectivity index (χ0v) is 24.1. The summed E-state index contributed by atoms with van der Waals surface area (Å²) >= 11 is 1.64. The van der Waals surface area contributed by atoms with E-state index in [4.69, 9.17) is 19.2 Å². The smallest absolute Gasteiger partial charge is 0.273 e. The lowest BCUT2D eigenvalue weighted by atomic mass is 9.87. The first kappa shape index (κ1) is 25.6. The van der Waals surface area contributed by atoms with E-state index in [-0.39, 0.29) is 12.5 Å². The Hall–Kier alpha value is -3.62. The molecule has 0 saturated carbocycles. The Kier molecular flexibility index (Phi) is 6.27. The van der Waals surface area contributed by atoms with Crippen LogP contribution < -0.4 is 9.47 Å². The summed E-state index contributed by atoms with van der Waals surface area (Å²) in [6.07, 6.45) is 1.85. The van der Waals surface area contributed by atoms with Gasteiger partial charge < -0.3 is 23.7 Å². The van der Waals surface area contributed by atoms with Crippen LogP contribution in [-0.4, -0.2) is 52.8 Å². The van der Waals surface area contributed by atoms with Crippen molar-refractivity contribution in [2.24, 2.45) is 7.05 Å². The van der Waals surface area contributed by atoms with Crippen LogP contribution in [0.15, 0.2) is 41.2 Å². The standard InChI is InChI=1S/C31H33N3O4S/c1-18-11-21(19(2)33(18)5)22-12-23-27(13-26(22)36-6)38-15-25-28(23)24(20-7-10-39-16-20)14-32-29(25)30(35)34-8-9-37-17-31(34,3)4/h7,10-14,16H,8-9,15,17H2,1-6H3. The Morgan fingerprint density at radius 2 is 1.95 bits per heavy atom. The minimum atomic E-state index is -0.424. The van der Waals surface area contributed by atoms with E-state index in [9.17, 15) is 4.79 Å². The van der Waals surface area contributed by atoms with Crippen LogP contribution in [0.1, 0.15) is 41.3 Å². The molecule has 0 atom stereocenters. The lowest BCUT2D eigenvalue weighted by Gasteiger charge is -2.42. The van der Waals surface area contributed by atoms with E-state index in [2.05, 4.69) is 54.4 Å². The van der Waals surface area contributed by atoms with Crippen molar-refractivity contribution < 1.29 is 19.0 Å². The van der Waals surface area contributed by atoms with Crippen LogP contribution in [0.5, 0.6) is 11.5 Å². The van der Waals surface area contributed by atoms with Crippen molar-refractivity contribution in [1.82, 2.24) is 14.5 Å². The molecule has 39 heavy (non-hydrogen) atoms. The molecule has 0 aliphatic carbocycles. The van der Waals surface area contributed by atoms with Gasteiger partial charge in [-0.3, -0.25) is 4.79 Å². The van der Waals surface area contributed by atoms with Gasteiger partial charge in [-0.15, -0.1) is 0 Å². The molecule has 0 bridgehead atoms. The molecular weight excluding hydrogens is 510 g/mol. The summed E-state index contributed by atoms with van der Waals surface area (Å²) < 4.78 is 20.0. The summed E-state index contributed by atoms with van der Waals surface area (Å²) in [6, 6.07) is 8.40. The summed E-state index contributed by atoms with van der Waals surface area (Å²) in [5.41, 5.74) is 9.25. The number of ether oxygens (including phenoxy) is 3. The highest BCUT2D eigenvalue weighted by Crippen LogP contribution is 2.49. The zero-order valence-electron chi connectivity index (χ0n) is 23.3. The third-order valence-corrected chi connectivity index (χ3v) is 8.80. The maximum atomic E-state index is 14.0. The van der Waals surface area contributed by atoms with Crippen LogP contribution >= 0.6 is 11.3 Å². The normalized spacial score (nSPS) is 15.9. The number of aromatic nitrogens is 2. The van der Waals surface area contributed by atoms with Gasteiger partial charge in [0.15, 0.2) is 0 Å². The topological polar surface area (TPSA) is 65.8 Å². The first-order chi connectivity index (χ1) is 18.7. The van der Waals surface area contributed by atoms with Crippen LogP contribution in [-0.2, 0) is 18.4 Å². The Morgan fingerprint density at radius 3 is 2.62 bits per heavy atom. The number of hydrogen-bond donors (Lipinski definition) is 0. The molecule has 8 heteroatoms. The molecule has 202 valence electrons. The number of morpholine rings is 1. The highest BCUT2D eigenvalue weighted by Gasteiger charge is 2.38. The number of nitrogens with zero attached hydrogens (tertiary/aromatic N) is 3. The molecule has 1 saturated heterocycles. The third-order valence-electron chi connectivity index (χ3n) is 8.11. The number of aryl methyl sites for hydroxylation is 1. The van der Waals surface area contributed by atoms with Crippen molar-refractivity contribution in [1.29, 1.82) is 0 Å². The summed E-state index contributed by atoms with van der Waals surface area (Å²) in [7, 11) is 3.76. The minimum Gasteiger partial charge on any atom is -0.496 e. The lowest BCUT2D eigenvalue weighted by Crippen LogP contribution is -2.55. The van der Waals surface area contributed by atoms with Crippen LogP contribution in [0, 0.1) is 13.8 Å². The number of carbonyl (C=O) groups excluding carboxylic acids is 1. The fourth-order valence-electron chi connectivity index (χ4n) is 5.72. The number of rotatable bonds is 4. The van der Waals surface area contributed by atoms with Gasteiger partial charge in [-0.05, 0) is 62.2 Å².